The molecule has 23 heavy (non-hydrogen) atoms. The molecule has 0 unspecified atom stereocenters. The maximum absolute atomic E-state index is 12.6. The molecule has 124 valence electrons. The van der Waals surface area contributed by atoms with Crippen molar-refractivity contribution < 1.29 is 21.6 Å². The van der Waals surface area contributed by atoms with Crippen molar-refractivity contribution in [2.75, 3.05) is 0 Å². The Balaban J connectivity index is 2.05. The molecule has 2 aromatic rings. The molecule has 0 aromatic heterocycles. The highest BCUT2D eigenvalue weighted by Crippen LogP contribution is 2.29. The van der Waals surface area contributed by atoms with Crippen LogP contribution in [0.2, 0.25) is 0 Å². The monoisotopic (exact) mass is 407 g/mol. The lowest BCUT2D eigenvalue weighted by Gasteiger charge is -2.10. The van der Waals surface area contributed by atoms with Gasteiger partial charge in [-0.1, -0.05) is 46.3 Å². The zero-order valence-corrected chi connectivity index (χ0v) is 14.2. The maximum Gasteiger partial charge on any atom is 0.416 e. The lowest BCUT2D eigenvalue weighted by atomic mass is 10.1. The average molecular weight is 408 g/mol. The molecule has 0 saturated heterocycles. The van der Waals surface area contributed by atoms with Gasteiger partial charge in [0.2, 0.25) is 10.0 Å². The van der Waals surface area contributed by atoms with Gasteiger partial charge in [-0.05, 0) is 29.3 Å². The van der Waals surface area contributed by atoms with Crippen LogP contribution in [0.5, 0.6) is 0 Å². The summed E-state index contributed by atoms with van der Waals surface area (Å²) in [5.41, 5.74) is 0.0229. The molecule has 1 N–H and O–H groups in total. The molecular weight excluding hydrogens is 395 g/mol. The zero-order valence-electron chi connectivity index (χ0n) is 11.8. The fraction of sp³-hybridized carbons (Fsp3) is 0.200. The van der Waals surface area contributed by atoms with E-state index in [2.05, 4.69) is 20.7 Å². The van der Waals surface area contributed by atoms with E-state index >= 15 is 0 Å². The van der Waals surface area contributed by atoms with Crippen molar-refractivity contribution in [1.82, 2.24) is 4.72 Å². The largest absolute Gasteiger partial charge is 0.416 e. The molecule has 0 heterocycles. The minimum absolute atomic E-state index is 0.194. The second-order valence-electron chi connectivity index (χ2n) is 4.91. The Labute approximate surface area is 140 Å². The Bertz CT molecular complexity index is 791. The molecular formula is C15H13BrF3NO2S. The summed E-state index contributed by atoms with van der Waals surface area (Å²) in [6.45, 7) is -0.194. The van der Waals surface area contributed by atoms with E-state index in [1.165, 1.54) is 12.1 Å². The SMILES string of the molecule is O=S(=O)(Cc1cccc(Br)c1)NCc1cccc(C(F)(F)F)c1. The van der Waals surface area contributed by atoms with Gasteiger partial charge in [-0.2, -0.15) is 13.2 Å². The van der Waals surface area contributed by atoms with Gasteiger partial charge in [-0.25, -0.2) is 13.1 Å². The Hall–Kier alpha value is -1.38. The number of rotatable bonds is 5. The van der Waals surface area contributed by atoms with E-state index in [1.807, 2.05) is 0 Å². The van der Waals surface area contributed by atoms with Crippen molar-refractivity contribution in [2.45, 2.75) is 18.5 Å². The number of benzene rings is 2. The van der Waals surface area contributed by atoms with E-state index in [0.29, 0.717) is 5.56 Å². The summed E-state index contributed by atoms with van der Waals surface area (Å²) in [5, 5.41) is 0. The summed E-state index contributed by atoms with van der Waals surface area (Å²) in [5.74, 6) is -0.245. The molecule has 0 spiro atoms. The summed E-state index contributed by atoms with van der Waals surface area (Å²) >= 11 is 3.25. The first-order valence-corrected chi connectivity index (χ1v) is 8.98. The van der Waals surface area contributed by atoms with Gasteiger partial charge in [0.15, 0.2) is 0 Å². The molecule has 0 radical (unpaired) electrons. The quantitative estimate of drug-likeness (QED) is 0.811. The Morgan fingerprint density at radius 2 is 1.65 bits per heavy atom. The zero-order chi connectivity index (χ0) is 17.1. The Morgan fingerprint density at radius 3 is 2.30 bits per heavy atom. The fourth-order valence-corrected chi connectivity index (χ4v) is 3.50. The predicted octanol–water partition coefficient (Wildman–Crippen LogP) is 4.09. The lowest BCUT2D eigenvalue weighted by molar-refractivity contribution is -0.137. The fourth-order valence-electron chi connectivity index (χ4n) is 1.95. The van der Waals surface area contributed by atoms with Crippen LogP contribution >= 0.6 is 15.9 Å². The van der Waals surface area contributed by atoms with Crippen LogP contribution in [0.1, 0.15) is 16.7 Å². The number of halogens is 4. The first-order valence-electron chi connectivity index (χ1n) is 6.54. The lowest BCUT2D eigenvalue weighted by Crippen LogP contribution is -2.24. The molecule has 0 saturated carbocycles. The van der Waals surface area contributed by atoms with Crippen molar-refractivity contribution in [3.8, 4) is 0 Å². The van der Waals surface area contributed by atoms with Crippen molar-refractivity contribution in [3.63, 3.8) is 0 Å². The first-order chi connectivity index (χ1) is 10.7. The van der Waals surface area contributed by atoms with E-state index in [-0.39, 0.29) is 17.9 Å². The van der Waals surface area contributed by atoms with Gasteiger partial charge in [-0.3, -0.25) is 0 Å². The molecule has 0 atom stereocenters. The van der Waals surface area contributed by atoms with Crippen molar-refractivity contribution in [3.05, 3.63) is 69.7 Å². The Kier molecular flexibility index (Phi) is 5.49. The van der Waals surface area contributed by atoms with Crippen molar-refractivity contribution >= 4 is 26.0 Å². The third kappa shape index (κ3) is 5.63. The second-order valence-corrected chi connectivity index (χ2v) is 7.63. The third-order valence-corrected chi connectivity index (χ3v) is 4.79. The summed E-state index contributed by atoms with van der Waals surface area (Å²) in [6, 6.07) is 11.4. The predicted molar refractivity (Wildman–Crippen MR) is 85.0 cm³/mol. The smallest absolute Gasteiger partial charge is 0.212 e. The first kappa shape index (κ1) is 18.0. The molecule has 0 fully saturated rings. The van der Waals surface area contributed by atoms with Gasteiger partial charge < -0.3 is 0 Å². The molecule has 2 rings (SSSR count). The van der Waals surface area contributed by atoms with Gasteiger partial charge in [0.05, 0.1) is 11.3 Å². The van der Waals surface area contributed by atoms with Crippen LogP contribution in [-0.4, -0.2) is 8.42 Å². The number of hydrogen-bond acceptors (Lipinski definition) is 2. The van der Waals surface area contributed by atoms with E-state index in [4.69, 9.17) is 0 Å². The molecule has 3 nitrogen and oxygen atoms in total. The summed E-state index contributed by atoms with van der Waals surface area (Å²) in [7, 11) is -3.65. The van der Waals surface area contributed by atoms with E-state index in [0.717, 1.165) is 16.6 Å². The highest BCUT2D eigenvalue weighted by atomic mass is 79.9. The van der Waals surface area contributed by atoms with Crippen LogP contribution in [0.25, 0.3) is 0 Å². The molecule has 2 aromatic carbocycles. The second kappa shape index (κ2) is 7.02. The molecule has 0 bridgehead atoms. The average Bonchev–Trinajstić information content (AvgIpc) is 2.44. The topological polar surface area (TPSA) is 46.2 Å². The highest BCUT2D eigenvalue weighted by Gasteiger charge is 2.30. The summed E-state index contributed by atoms with van der Waals surface area (Å²) < 4.78 is 65.0. The standard InChI is InChI=1S/C15H13BrF3NO2S/c16-14-6-2-4-12(8-14)10-23(21,22)20-9-11-3-1-5-13(7-11)15(17,18)19/h1-8,20H,9-10H2. The van der Waals surface area contributed by atoms with Crippen LogP contribution < -0.4 is 4.72 Å². The van der Waals surface area contributed by atoms with Crippen LogP contribution in [0.15, 0.2) is 53.0 Å². The molecule has 0 amide bonds. The highest BCUT2D eigenvalue weighted by molar-refractivity contribution is 9.10. The Morgan fingerprint density at radius 1 is 1.00 bits per heavy atom. The van der Waals surface area contributed by atoms with Gasteiger partial charge in [0.1, 0.15) is 0 Å². The van der Waals surface area contributed by atoms with E-state index in [1.54, 1.807) is 24.3 Å². The number of hydrogen-bond donors (Lipinski definition) is 1. The number of sulfonamides is 1. The molecule has 0 aliphatic carbocycles. The van der Waals surface area contributed by atoms with E-state index < -0.39 is 21.8 Å². The summed E-state index contributed by atoms with van der Waals surface area (Å²) in [4.78, 5) is 0. The van der Waals surface area contributed by atoms with E-state index in [9.17, 15) is 21.6 Å². The van der Waals surface area contributed by atoms with Crippen molar-refractivity contribution in [1.29, 1.82) is 0 Å². The third-order valence-electron chi connectivity index (χ3n) is 3.00. The molecule has 8 heteroatoms. The maximum atomic E-state index is 12.6. The number of nitrogens with one attached hydrogen (secondary N) is 1. The van der Waals surface area contributed by atoms with Crippen molar-refractivity contribution in [2.24, 2.45) is 0 Å². The minimum Gasteiger partial charge on any atom is -0.212 e. The normalized spacial score (nSPS) is 12.3. The van der Waals surface area contributed by atoms with Gasteiger partial charge in [0.25, 0.3) is 0 Å². The van der Waals surface area contributed by atoms with Gasteiger partial charge >= 0.3 is 6.18 Å². The minimum atomic E-state index is -4.45. The van der Waals surface area contributed by atoms with Gasteiger partial charge in [-0.15, -0.1) is 0 Å². The molecule has 0 aliphatic heterocycles. The summed E-state index contributed by atoms with van der Waals surface area (Å²) in [6.07, 6.45) is -4.45. The van der Waals surface area contributed by atoms with Crippen LogP contribution in [0, 0.1) is 0 Å². The number of alkyl halides is 3. The van der Waals surface area contributed by atoms with Gasteiger partial charge in [0, 0.05) is 11.0 Å². The molecule has 0 aliphatic rings. The van der Waals surface area contributed by atoms with Crippen LogP contribution in [-0.2, 0) is 28.5 Å². The van der Waals surface area contributed by atoms with Crippen LogP contribution in [0.3, 0.4) is 0 Å². The van der Waals surface area contributed by atoms with Crippen LogP contribution in [0.4, 0.5) is 13.2 Å².